The van der Waals surface area contributed by atoms with Crippen molar-refractivity contribution in [1.82, 2.24) is 19.9 Å². The van der Waals surface area contributed by atoms with Crippen molar-refractivity contribution in [2.24, 2.45) is 0 Å². The van der Waals surface area contributed by atoms with Crippen molar-refractivity contribution < 1.29 is 0 Å². The molecular weight excluding hydrogens is 306 g/mol. The number of thiocarbonyl (C=S) groups is 1. The lowest BCUT2D eigenvalue weighted by atomic mass is 10.1. The second kappa shape index (κ2) is 7.00. The van der Waals surface area contributed by atoms with Crippen molar-refractivity contribution >= 4 is 23.2 Å². The first kappa shape index (κ1) is 15.8. The summed E-state index contributed by atoms with van der Waals surface area (Å²) in [5.41, 5.74) is 3.34. The minimum atomic E-state index is 0.736. The van der Waals surface area contributed by atoms with Crippen molar-refractivity contribution in [2.75, 3.05) is 31.1 Å². The predicted octanol–water partition coefficient (Wildman–Crippen LogP) is 2.18. The summed E-state index contributed by atoms with van der Waals surface area (Å²) in [6.45, 7) is 7.72. The Morgan fingerprint density at radius 2 is 1.78 bits per heavy atom. The average molecular weight is 327 g/mol. The number of aryl methyl sites for hydroxylation is 2. The maximum absolute atomic E-state index is 5.63. The third-order valence-corrected chi connectivity index (χ3v) is 4.35. The maximum Gasteiger partial charge on any atom is 0.225 e. The normalized spacial score (nSPS) is 14.9. The molecule has 1 aliphatic rings. The van der Waals surface area contributed by atoms with Crippen LogP contribution in [-0.2, 0) is 6.42 Å². The van der Waals surface area contributed by atoms with Gasteiger partial charge in [-0.2, -0.15) is 0 Å². The molecule has 120 valence electrons. The van der Waals surface area contributed by atoms with Crippen LogP contribution in [0.25, 0.3) is 0 Å². The number of anilines is 1. The minimum absolute atomic E-state index is 0.736. The highest BCUT2D eigenvalue weighted by atomic mass is 32.1. The lowest BCUT2D eigenvalue weighted by molar-refractivity contribution is 0.384. The Morgan fingerprint density at radius 1 is 1.09 bits per heavy atom. The highest BCUT2D eigenvalue weighted by Gasteiger charge is 2.20. The molecule has 0 unspecified atom stereocenters. The summed E-state index contributed by atoms with van der Waals surface area (Å²) in [7, 11) is 0. The van der Waals surface area contributed by atoms with Crippen LogP contribution in [0.5, 0.6) is 0 Å². The van der Waals surface area contributed by atoms with E-state index in [1.54, 1.807) is 12.4 Å². The second-order valence-corrected chi connectivity index (χ2v) is 6.34. The highest BCUT2D eigenvalue weighted by Crippen LogP contribution is 2.12. The topological polar surface area (TPSA) is 45.2 Å². The molecular formula is C17H21N5S. The molecule has 6 heteroatoms. The minimum Gasteiger partial charge on any atom is -0.362 e. The van der Waals surface area contributed by atoms with E-state index in [1.807, 2.05) is 13.0 Å². The molecule has 0 amide bonds. The van der Waals surface area contributed by atoms with Gasteiger partial charge in [-0.1, -0.05) is 12.2 Å². The van der Waals surface area contributed by atoms with Crippen LogP contribution < -0.4 is 4.90 Å². The van der Waals surface area contributed by atoms with Gasteiger partial charge in [0, 0.05) is 56.4 Å². The monoisotopic (exact) mass is 327 g/mol. The zero-order valence-electron chi connectivity index (χ0n) is 13.6. The van der Waals surface area contributed by atoms with Gasteiger partial charge in [0.1, 0.15) is 0 Å². The van der Waals surface area contributed by atoms with Gasteiger partial charge in [-0.25, -0.2) is 9.97 Å². The van der Waals surface area contributed by atoms with Gasteiger partial charge in [-0.15, -0.1) is 0 Å². The van der Waals surface area contributed by atoms with Gasteiger partial charge in [-0.3, -0.25) is 4.98 Å². The Hall–Kier alpha value is -2.08. The lowest BCUT2D eigenvalue weighted by Crippen LogP contribution is -2.49. The van der Waals surface area contributed by atoms with E-state index in [4.69, 9.17) is 12.2 Å². The standard InChI is InChI=1S/C17H21N5S/c1-13-10-14(2)20-15(11-13)12-16(23)21-6-8-22(9-7-21)17-18-4-3-5-19-17/h3-5,10-11H,6-9,12H2,1-2H3. The predicted molar refractivity (Wildman–Crippen MR) is 95.8 cm³/mol. The van der Waals surface area contributed by atoms with E-state index >= 15 is 0 Å². The van der Waals surface area contributed by atoms with Gasteiger partial charge < -0.3 is 9.80 Å². The quantitative estimate of drug-likeness (QED) is 0.805. The molecule has 3 rings (SSSR count). The van der Waals surface area contributed by atoms with Crippen LogP contribution in [0.3, 0.4) is 0 Å². The van der Waals surface area contributed by atoms with Crippen molar-refractivity contribution in [2.45, 2.75) is 20.3 Å². The van der Waals surface area contributed by atoms with Gasteiger partial charge in [0.15, 0.2) is 0 Å². The van der Waals surface area contributed by atoms with Crippen molar-refractivity contribution in [3.63, 3.8) is 0 Å². The van der Waals surface area contributed by atoms with Crippen LogP contribution in [0.15, 0.2) is 30.6 Å². The van der Waals surface area contributed by atoms with Crippen molar-refractivity contribution in [3.05, 3.63) is 47.5 Å². The van der Waals surface area contributed by atoms with Crippen LogP contribution in [-0.4, -0.2) is 51.0 Å². The number of piperazine rings is 1. The summed E-state index contributed by atoms with van der Waals surface area (Å²) >= 11 is 5.63. The molecule has 0 aliphatic carbocycles. The average Bonchev–Trinajstić information content (AvgIpc) is 2.55. The largest absolute Gasteiger partial charge is 0.362 e. The van der Waals surface area contributed by atoms with E-state index in [0.29, 0.717) is 0 Å². The van der Waals surface area contributed by atoms with Crippen molar-refractivity contribution in [1.29, 1.82) is 0 Å². The Labute approximate surface area is 142 Å². The van der Waals surface area contributed by atoms with Gasteiger partial charge >= 0.3 is 0 Å². The van der Waals surface area contributed by atoms with Crippen molar-refractivity contribution in [3.8, 4) is 0 Å². The molecule has 0 atom stereocenters. The fourth-order valence-electron chi connectivity index (χ4n) is 2.89. The van der Waals surface area contributed by atoms with Crippen LogP contribution >= 0.6 is 12.2 Å². The zero-order chi connectivity index (χ0) is 16.2. The van der Waals surface area contributed by atoms with E-state index in [1.165, 1.54) is 5.56 Å². The molecule has 0 bridgehead atoms. The summed E-state index contributed by atoms with van der Waals surface area (Å²) in [4.78, 5) is 18.7. The van der Waals surface area contributed by atoms with Gasteiger partial charge in [0.2, 0.25) is 5.95 Å². The molecule has 1 aliphatic heterocycles. The van der Waals surface area contributed by atoms with Crippen LogP contribution in [0, 0.1) is 13.8 Å². The zero-order valence-corrected chi connectivity index (χ0v) is 14.4. The van der Waals surface area contributed by atoms with Crippen LogP contribution in [0.2, 0.25) is 0 Å². The first-order valence-corrected chi connectivity index (χ1v) is 8.26. The SMILES string of the molecule is Cc1cc(C)nc(CC(=S)N2CCN(c3ncccn3)CC2)c1. The number of hydrogen-bond donors (Lipinski definition) is 0. The number of nitrogens with zero attached hydrogens (tertiary/aromatic N) is 5. The molecule has 23 heavy (non-hydrogen) atoms. The molecule has 0 aromatic carbocycles. The van der Waals surface area contributed by atoms with E-state index in [0.717, 1.165) is 54.9 Å². The van der Waals surface area contributed by atoms with E-state index in [2.05, 4.69) is 43.8 Å². The Morgan fingerprint density at radius 3 is 2.43 bits per heavy atom. The fourth-order valence-corrected chi connectivity index (χ4v) is 3.22. The van der Waals surface area contributed by atoms with Crippen LogP contribution in [0.1, 0.15) is 17.0 Å². The fraction of sp³-hybridized carbons (Fsp3) is 0.412. The lowest BCUT2D eigenvalue weighted by Gasteiger charge is -2.36. The first-order chi connectivity index (χ1) is 11.1. The molecule has 2 aromatic heterocycles. The first-order valence-electron chi connectivity index (χ1n) is 7.86. The highest BCUT2D eigenvalue weighted by molar-refractivity contribution is 7.80. The van der Waals surface area contributed by atoms with Gasteiger partial charge in [-0.05, 0) is 37.6 Å². The molecule has 5 nitrogen and oxygen atoms in total. The Bertz CT molecular complexity index is 660. The molecule has 1 saturated heterocycles. The third kappa shape index (κ3) is 4.01. The Kier molecular flexibility index (Phi) is 4.81. The maximum atomic E-state index is 5.63. The third-order valence-electron chi connectivity index (χ3n) is 3.95. The summed E-state index contributed by atoms with van der Waals surface area (Å²) < 4.78 is 0. The van der Waals surface area contributed by atoms with E-state index < -0.39 is 0 Å². The Balaban J connectivity index is 1.58. The summed E-state index contributed by atoms with van der Waals surface area (Å²) in [5.74, 6) is 0.800. The number of aromatic nitrogens is 3. The van der Waals surface area contributed by atoms with E-state index in [9.17, 15) is 0 Å². The number of rotatable bonds is 3. The molecule has 3 heterocycles. The molecule has 1 fully saturated rings. The van der Waals surface area contributed by atoms with E-state index in [-0.39, 0.29) is 0 Å². The molecule has 0 radical (unpaired) electrons. The van der Waals surface area contributed by atoms with Gasteiger partial charge in [0.25, 0.3) is 0 Å². The molecule has 0 spiro atoms. The van der Waals surface area contributed by atoms with Crippen LogP contribution in [0.4, 0.5) is 5.95 Å². The summed E-state index contributed by atoms with van der Waals surface area (Å²) in [5, 5.41) is 0. The molecule has 2 aromatic rings. The number of hydrogen-bond acceptors (Lipinski definition) is 5. The second-order valence-electron chi connectivity index (χ2n) is 5.87. The number of pyridine rings is 1. The summed E-state index contributed by atoms with van der Waals surface area (Å²) in [6, 6.07) is 6.05. The molecule has 0 saturated carbocycles. The smallest absolute Gasteiger partial charge is 0.225 e. The summed E-state index contributed by atoms with van der Waals surface area (Å²) in [6.07, 6.45) is 4.30. The van der Waals surface area contributed by atoms with Gasteiger partial charge in [0.05, 0.1) is 4.99 Å². The molecule has 0 N–H and O–H groups in total.